The molecule has 0 amide bonds. The predicted octanol–water partition coefficient (Wildman–Crippen LogP) is 3.71. The smallest absolute Gasteiger partial charge is 0.416 e. The van der Waals surface area contributed by atoms with E-state index in [0.717, 1.165) is 24.4 Å². The van der Waals surface area contributed by atoms with Gasteiger partial charge < -0.3 is 9.84 Å². The molecular weight excluding hydrogens is 311 g/mol. The van der Waals surface area contributed by atoms with Gasteiger partial charge in [-0.05, 0) is 23.8 Å². The number of carbonyl (C=O) groups excluding carboxylic acids is 1. The van der Waals surface area contributed by atoms with E-state index in [9.17, 15) is 23.1 Å². The molecule has 0 saturated heterocycles. The van der Waals surface area contributed by atoms with Crippen molar-refractivity contribution < 1.29 is 27.8 Å². The van der Waals surface area contributed by atoms with E-state index in [4.69, 9.17) is 4.74 Å². The van der Waals surface area contributed by atoms with Crippen LogP contribution in [0.3, 0.4) is 0 Å². The summed E-state index contributed by atoms with van der Waals surface area (Å²) in [5.41, 5.74) is -0.418. The lowest BCUT2D eigenvalue weighted by atomic mass is 10.1. The number of hydrogen-bond donors (Lipinski definition) is 1. The predicted molar refractivity (Wildman–Crippen MR) is 77.3 cm³/mol. The van der Waals surface area contributed by atoms with E-state index < -0.39 is 17.5 Å². The Balaban J connectivity index is 2.22. The van der Waals surface area contributed by atoms with Crippen molar-refractivity contribution >= 4 is 11.9 Å². The second kappa shape index (κ2) is 6.51. The van der Waals surface area contributed by atoms with Crippen LogP contribution in [-0.4, -0.2) is 23.0 Å². The second-order valence-electron chi connectivity index (χ2n) is 4.55. The lowest BCUT2D eigenvalue weighted by Gasteiger charge is -2.07. The zero-order chi connectivity index (χ0) is 17.0. The van der Waals surface area contributed by atoms with Gasteiger partial charge in [-0.25, -0.2) is 0 Å². The van der Waals surface area contributed by atoms with Crippen molar-refractivity contribution in [2.75, 3.05) is 7.11 Å². The van der Waals surface area contributed by atoms with Crippen molar-refractivity contribution in [1.82, 2.24) is 4.98 Å². The quantitative estimate of drug-likeness (QED) is 0.688. The third-order valence-corrected chi connectivity index (χ3v) is 3.02. The molecule has 1 aromatic carbocycles. The van der Waals surface area contributed by atoms with Crippen molar-refractivity contribution in [3.8, 4) is 11.5 Å². The van der Waals surface area contributed by atoms with Crippen LogP contribution < -0.4 is 4.74 Å². The van der Waals surface area contributed by atoms with E-state index in [1.165, 1.54) is 31.5 Å². The number of hydrogen-bond acceptors (Lipinski definition) is 4. The number of carbonyl (C=O) groups is 1. The molecule has 120 valence electrons. The van der Waals surface area contributed by atoms with Crippen molar-refractivity contribution in [2.45, 2.75) is 6.18 Å². The molecule has 0 radical (unpaired) electrons. The lowest BCUT2D eigenvalue weighted by Crippen LogP contribution is -2.04. The number of ketones is 1. The van der Waals surface area contributed by atoms with E-state index in [-0.39, 0.29) is 17.1 Å². The first-order chi connectivity index (χ1) is 10.8. The highest BCUT2D eigenvalue weighted by molar-refractivity contribution is 6.10. The minimum atomic E-state index is -4.41. The van der Waals surface area contributed by atoms with Gasteiger partial charge in [0.2, 0.25) is 0 Å². The minimum Gasteiger partial charge on any atom is -0.505 e. The first-order valence-corrected chi connectivity index (χ1v) is 6.43. The number of benzene rings is 1. The molecule has 0 spiro atoms. The van der Waals surface area contributed by atoms with Gasteiger partial charge in [-0.3, -0.25) is 9.78 Å². The van der Waals surface area contributed by atoms with Gasteiger partial charge >= 0.3 is 6.18 Å². The topological polar surface area (TPSA) is 59.4 Å². The van der Waals surface area contributed by atoms with Crippen LogP contribution in [0.25, 0.3) is 6.08 Å². The van der Waals surface area contributed by atoms with Crippen LogP contribution >= 0.6 is 0 Å². The van der Waals surface area contributed by atoms with Gasteiger partial charge in [0.05, 0.1) is 25.1 Å². The Morgan fingerprint density at radius 3 is 2.43 bits per heavy atom. The molecule has 23 heavy (non-hydrogen) atoms. The molecule has 7 heteroatoms. The normalized spacial score (nSPS) is 11.7. The maximum absolute atomic E-state index is 12.5. The largest absolute Gasteiger partial charge is 0.505 e. The molecule has 0 bridgehead atoms. The molecule has 4 nitrogen and oxygen atoms in total. The maximum atomic E-state index is 12.5. The molecule has 0 aliphatic heterocycles. The third kappa shape index (κ3) is 3.88. The van der Waals surface area contributed by atoms with Crippen molar-refractivity contribution in [3.63, 3.8) is 0 Å². The first-order valence-electron chi connectivity index (χ1n) is 6.43. The van der Waals surface area contributed by atoms with Gasteiger partial charge in [-0.15, -0.1) is 0 Å². The number of rotatable bonds is 4. The summed E-state index contributed by atoms with van der Waals surface area (Å²) in [6.45, 7) is 0. The number of nitrogens with zero attached hydrogens (tertiary/aromatic N) is 1. The van der Waals surface area contributed by atoms with Crippen LogP contribution in [0.1, 0.15) is 21.5 Å². The Bertz CT molecular complexity index is 737. The highest BCUT2D eigenvalue weighted by atomic mass is 19.4. The molecule has 0 saturated carbocycles. The number of alkyl halides is 3. The van der Waals surface area contributed by atoms with Crippen molar-refractivity contribution in [2.24, 2.45) is 0 Å². The number of aromatic hydroxyl groups is 1. The van der Waals surface area contributed by atoms with Crippen LogP contribution in [0.15, 0.2) is 42.7 Å². The fraction of sp³-hybridized carbons (Fsp3) is 0.125. The fourth-order valence-corrected chi connectivity index (χ4v) is 1.87. The molecule has 2 rings (SSSR count). The summed E-state index contributed by atoms with van der Waals surface area (Å²) in [4.78, 5) is 15.8. The number of halogens is 3. The van der Waals surface area contributed by atoms with E-state index in [1.54, 1.807) is 0 Å². The van der Waals surface area contributed by atoms with E-state index in [2.05, 4.69) is 4.98 Å². The Labute approximate surface area is 129 Å². The summed E-state index contributed by atoms with van der Waals surface area (Å²) >= 11 is 0. The molecule has 0 aliphatic rings. The van der Waals surface area contributed by atoms with Crippen LogP contribution in [0.2, 0.25) is 0 Å². The minimum absolute atomic E-state index is 0.0642. The number of aromatic nitrogens is 1. The van der Waals surface area contributed by atoms with Gasteiger partial charge in [0.25, 0.3) is 0 Å². The molecule has 2 aromatic rings. The summed E-state index contributed by atoms with van der Waals surface area (Å²) < 4.78 is 42.3. The average Bonchev–Trinajstić information content (AvgIpc) is 2.51. The Morgan fingerprint density at radius 1 is 1.22 bits per heavy atom. The number of ether oxygens (including phenoxy) is 1. The third-order valence-electron chi connectivity index (χ3n) is 3.02. The Hall–Kier alpha value is -2.83. The SMILES string of the molecule is COc1cncc(O)c1C(=O)C=Cc1ccc(C(F)(F)F)cc1. The molecular formula is C16H12F3NO3. The first kappa shape index (κ1) is 16.5. The van der Waals surface area contributed by atoms with Crippen LogP contribution in [-0.2, 0) is 6.18 Å². The summed E-state index contributed by atoms with van der Waals surface area (Å²) in [6, 6.07) is 4.34. The summed E-state index contributed by atoms with van der Waals surface area (Å²) in [5, 5.41) is 9.69. The van der Waals surface area contributed by atoms with Crippen LogP contribution in [0.5, 0.6) is 11.5 Å². The highest BCUT2D eigenvalue weighted by Gasteiger charge is 2.29. The van der Waals surface area contributed by atoms with Crippen LogP contribution in [0, 0.1) is 0 Å². The van der Waals surface area contributed by atoms with E-state index in [0.29, 0.717) is 5.56 Å². The zero-order valence-corrected chi connectivity index (χ0v) is 12.0. The fourth-order valence-electron chi connectivity index (χ4n) is 1.87. The van der Waals surface area contributed by atoms with Crippen molar-refractivity contribution in [3.05, 3.63) is 59.4 Å². The zero-order valence-electron chi connectivity index (χ0n) is 12.0. The van der Waals surface area contributed by atoms with Crippen LogP contribution in [0.4, 0.5) is 13.2 Å². The summed E-state index contributed by atoms with van der Waals surface area (Å²) in [7, 11) is 1.33. The lowest BCUT2D eigenvalue weighted by molar-refractivity contribution is -0.137. The Kier molecular flexibility index (Phi) is 4.68. The standard InChI is InChI=1S/C16H12F3NO3/c1-23-14-9-20-8-13(22)15(14)12(21)7-4-10-2-5-11(6-3-10)16(17,18)19/h2-9,22H,1H3. The summed E-state index contributed by atoms with van der Waals surface area (Å²) in [5.74, 6) is -0.792. The van der Waals surface area contributed by atoms with E-state index >= 15 is 0 Å². The van der Waals surface area contributed by atoms with Gasteiger partial charge in [0.15, 0.2) is 11.5 Å². The maximum Gasteiger partial charge on any atom is 0.416 e. The second-order valence-corrected chi connectivity index (χ2v) is 4.55. The molecule has 0 unspecified atom stereocenters. The average molecular weight is 323 g/mol. The Morgan fingerprint density at radius 2 is 1.87 bits per heavy atom. The van der Waals surface area contributed by atoms with Gasteiger partial charge in [0.1, 0.15) is 11.3 Å². The molecule has 0 fully saturated rings. The van der Waals surface area contributed by atoms with Crippen molar-refractivity contribution in [1.29, 1.82) is 0 Å². The highest BCUT2D eigenvalue weighted by Crippen LogP contribution is 2.29. The molecule has 0 aliphatic carbocycles. The molecule has 1 aromatic heterocycles. The summed E-state index contributed by atoms with van der Waals surface area (Å²) in [6.07, 6.45) is 0.455. The monoisotopic (exact) mass is 323 g/mol. The molecule has 1 heterocycles. The van der Waals surface area contributed by atoms with Gasteiger partial charge in [0, 0.05) is 0 Å². The molecule has 0 atom stereocenters. The number of methoxy groups -OCH3 is 1. The van der Waals surface area contributed by atoms with E-state index in [1.807, 2.05) is 0 Å². The number of allylic oxidation sites excluding steroid dienone is 1. The number of pyridine rings is 1. The molecule has 1 N–H and O–H groups in total. The van der Waals surface area contributed by atoms with Gasteiger partial charge in [-0.1, -0.05) is 18.2 Å². The van der Waals surface area contributed by atoms with Gasteiger partial charge in [-0.2, -0.15) is 13.2 Å².